The molecule has 2 heterocycles. The lowest BCUT2D eigenvalue weighted by molar-refractivity contribution is 0.419. The summed E-state index contributed by atoms with van der Waals surface area (Å²) in [4.78, 5) is 17.3. The number of hydrogen-bond donors (Lipinski definition) is 3. The van der Waals surface area contributed by atoms with Crippen LogP contribution in [-0.2, 0) is 10.0 Å². The van der Waals surface area contributed by atoms with Crippen molar-refractivity contribution in [3.63, 3.8) is 0 Å². The Kier molecular flexibility index (Phi) is 6.87. The molecule has 0 aliphatic carbocycles. The first kappa shape index (κ1) is 25.8. The standard InChI is InChI=1S/C27H27ClN6O3S/c1-33(2)12-13-34(38(3,36)37)20-8-6-19(7-9-20)31-26(17-4-11-22-24(14-17)30-16-29-22)25-21-10-5-18(28)15-23(21)32-27(25)35/h4-11,14-16,32,35H,12-13H2,1-3H3,(H,29,30). The number of fused-ring (bicyclic) bond motifs is 2. The molecule has 0 saturated carbocycles. The van der Waals surface area contributed by atoms with Crippen LogP contribution in [-0.4, -0.2) is 72.5 Å². The summed E-state index contributed by atoms with van der Waals surface area (Å²) in [6, 6.07) is 18.1. The largest absolute Gasteiger partial charge is 0.494 e. The van der Waals surface area contributed by atoms with Crippen LogP contribution in [0.1, 0.15) is 11.1 Å². The van der Waals surface area contributed by atoms with E-state index in [1.165, 1.54) is 10.6 Å². The number of halogens is 1. The van der Waals surface area contributed by atoms with Crippen molar-refractivity contribution in [2.75, 3.05) is 37.7 Å². The van der Waals surface area contributed by atoms with E-state index in [-0.39, 0.29) is 5.88 Å². The third kappa shape index (κ3) is 5.24. The third-order valence-corrected chi connectivity index (χ3v) is 7.63. The monoisotopic (exact) mass is 550 g/mol. The van der Waals surface area contributed by atoms with Crippen molar-refractivity contribution in [3.8, 4) is 5.88 Å². The van der Waals surface area contributed by atoms with Gasteiger partial charge in [-0.15, -0.1) is 0 Å². The molecule has 5 rings (SSSR count). The minimum Gasteiger partial charge on any atom is -0.494 e. The van der Waals surface area contributed by atoms with Gasteiger partial charge in [-0.25, -0.2) is 18.4 Å². The Morgan fingerprint density at radius 3 is 2.50 bits per heavy atom. The lowest BCUT2D eigenvalue weighted by atomic mass is 10.00. The van der Waals surface area contributed by atoms with E-state index in [2.05, 4.69) is 15.0 Å². The Balaban J connectivity index is 1.62. The lowest BCUT2D eigenvalue weighted by Gasteiger charge is -2.24. The van der Waals surface area contributed by atoms with E-state index in [1.54, 1.807) is 42.7 Å². The summed E-state index contributed by atoms with van der Waals surface area (Å²) in [5, 5.41) is 12.2. The number of H-pyrrole nitrogens is 2. The fourth-order valence-corrected chi connectivity index (χ4v) is 5.43. The second-order valence-electron chi connectivity index (χ2n) is 9.29. The zero-order valence-corrected chi connectivity index (χ0v) is 22.7. The Bertz CT molecular complexity index is 1760. The van der Waals surface area contributed by atoms with Crippen molar-refractivity contribution in [2.45, 2.75) is 0 Å². The quantitative estimate of drug-likeness (QED) is 0.237. The molecule has 11 heteroatoms. The molecule has 0 amide bonds. The number of nitrogens with zero attached hydrogens (tertiary/aromatic N) is 4. The molecule has 5 aromatic rings. The topological polar surface area (TPSA) is 118 Å². The maximum atomic E-state index is 12.4. The first-order valence-electron chi connectivity index (χ1n) is 11.9. The summed E-state index contributed by atoms with van der Waals surface area (Å²) in [6.07, 6.45) is 2.82. The second kappa shape index (κ2) is 10.1. The molecule has 2 aromatic heterocycles. The Morgan fingerprint density at radius 1 is 1.03 bits per heavy atom. The summed E-state index contributed by atoms with van der Waals surface area (Å²) in [5.74, 6) is -0.0331. The van der Waals surface area contributed by atoms with Crippen LogP contribution in [0.5, 0.6) is 5.88 Å². The molecule has 0 bridgehead atoms. The highest BCUT2D eigenvalue weighted by Crippen LogP contribution is 2.33. The van der Waals surface area contributed by atoms with Crippen LogP contribution in [0.4, 0.5) is 11.4 Å². The second-order valence-corrected chi connectivity index (χ2v) is 11.6. The summed E-state index contributed by atoms with van der Waals surface area (Å²) >= 11 is 6.18. The molecule has 3 aromatic carbocycles. The number of benzene rings is 3. The van der Waals surface area contributed by atoms with Crippen LogP contribution in [0.3, 0.4) is 0 Å². The molecule has 3 N–H and O–H groups in total. The van der Waals surface area contributed by atoms with E-state index in [9.17, 15) is 13.5 Å². The number of anilines is 1. The van der Waals surface area contributed by atoms with Gasteiger partial charge >= 0.3 is 0 Å². The minimum atomic E-state index is -3.46. The number of sulfonamides is 1. The average Bonchev–Trinajstić information content (AvgIpc) is 3.45. The third-order valence-electron chi connectivity index (χ3n) is 6.20. The number of likely N-dealkylation sites (N-methyl/N-ethyl adjacent to an activating group) is 1. The molecular formula is C27H27ClN6O3S. The van der Waals surface area contributed by atoms with E-state index in [4.69, 9.17) is 16.6 Å². The van der Waals surface area contributed by atoms with Gasteiger partial charge < -0.3 is 20.0 Å². The van der Waals surface area contributed by atoms with Crippen molar-refractivity contribution in [2.24, 2.45) is 4.99 Å². The van der Waals surface area contributed by atoms with Gasteiger partial charge in [-0.1, -0.05) is 23.7 Å². The van der Waals surface area contributed by atoms with E-state index < -0.39 is 10.0 Å². The van der Waals surface area contributed by atoms with E-state index in [1.807, 2.05) is 43.3 Å². The van der Waals surface area contributed by atoms with Gasteiger partial charge in [-0.2, -0.15) is 0 Å². The maximum absolute atomic E-state index is 12.4. The Labute approximate surface area is 225 Å². The highest BCUT2D eigenvalue weighted by molar-refractivity contribution is 7.92. The van der Waals surface area contributed by atoms with Gasteiger partial charge in [-0.05, 0) is 62.6 Å². The smallest absolute Gasteiger partial charge is 0.232 e. The summed E-state index contributed by atoms with van der Waals surface area (Å²) in [5.41, 5.74) is 5.30. The van der Waals surface area contributed by atoms with Gasteiger partial charge in [-0.3, -0.25) is 4.31 Å². The van der Waals surface area contributed by atoms with Gasteiger partial charge in [0.1, 0.15) is 0 Å². The molecule has 0 unspecified atom stereocenters. The molecule has 0 aliphatic heterocycles. The first-order valence-corrected chi connectivity index (χ1v) is 14.1. The number of nitrogens with one attached hydrogen (secondary N) is 2. The zero-order valence-electron chi connectivity index (χ0n) is 21.1. The van der Waals surface area contributed by atoms with Crippen LogP contribution in [0.25, 0.3) is 21.9 Å². The number of rotatable bonds is 8. The number of hydrogen-bond acceptors (Lipinski definition) is 6. The molecule has 0 radical (unpaired) electrons. The van der Waals surface area contributed by atoms with Crippen LogP contribution in [0, 0.1) is 0 Å². The molecular weight excluding hydrogens is 524 g/mol. The number of aromatic hydroxyl groups is 1. The molecule has 0 saturated heterocycles. The average molecular weight is 551 g/mol. The van der Waals surface area contributed by atoms with Crippen molar-refractivity contribution >= 4 is 60.6 Å². The number of aromatic nitrogens is 3. The van der Waals surface area contributed by atoms with Gasteiger partial charge in [0.25, 0.3) is 0 Å². The van der Waals surface area contributed by atoms with E-state index in [0.717, 1.165) is 22.0 Å². The fraction of sp³-hybridized carbons (Fsp3) is 0.185. The first-order chi connectivity index (χ1) is 18.1. The highest BCUT2D eigenvalue weighted by atomic mass is 35.5. The van der Waals surface area contributed by atoms with Crippen molar-refractivity contribution in [1.29, 1.82) is 0 Å². The van der Waals surface area contributed by atoms with Crippen LogP contribution < -0.4 is 4.31 Å². The summed E-state index contributed by atoms with van der Waals surface area (Å²) < 4.78 is 26.3. The van der Waals surface area contributed by atoms with Crippen LogP contribution in [0.2, 0.25) is 5.02 Å². The highest BCUT2D eigenvalue weighted by Gasteiger charge is 2.21. The van der Waals surface area contributed by atoms with Gasteiger partial charge in [0.2, 0.25) is 10.0 Å². The van der Waals surface area contributed by atoms with Crippen LogP contribution >= 0.6 is 11.6 Å². The number of aromatic amines is 2. The zero-order chi connectivity index (χ0) is 27.0. The molecule has 9 nitrogen and oxygen atoms in total. The SMILES string of the molecule is CN(C)CCN(c1ccc(N=C(c2ccc3nc[nH]c3c2)c2c(O)[nH]c3cc(Cl)ccc23)cc1)S(C)(=O)=O. The molecule has 0 spiro atoms. The van der Waals surface area contributed by atoms with Gasteiger partial charge in [0, 0.05) is 29.1 Å². The number of imidazole rings is 1. The van der Waals surface area contributed by atoms with Crippen molar-refractivity contribution in [1.82, 2.24) is 19.9 Å². The Morgan fingerprint density at radius 2 is 1.79 bits per heavy atom. The molecule has 38 heavy (non-hydrogen) atoms. The maximum Gasteiger partial charge on any atom is 0.232 e. The molecule has 196 valence electrons. The summed E-state index contributed by atoms with van der Waals surface area (Å²) in [6.45, 7) is 0.909. The predicted molar refractivity (Wildman–Crippen MR) is 154 cm³/mol. The van der Waals surface area contributed by atoms with E-state index in [0.29, 0.717) is 46.3 Å². The Hall–Kier alpha value is -3.86. The minimum absolute atomic E-state index is 0.0331. The van der Waals surface area contributed by atoms with Crippen molar-refractivity contribution in [3.05, 3.63) is 83.1 Å². The molecule has 0 atom stereocenters. The lowest BCUT2D eigenvalue weighted by Crippen LogP contribution is -2.35. The van der Waals surface area contributed by atoms with Gasteiger partial charge in [0.05, 0.1) is 51.8 Å². The molecule has 0 fully saturated rings. The van der Waals surface area contributed by atoms with E-state index >= 15 is 0 Å². The molecule has 0 aliphatic rings. The fourth-order valence-electron chi connectivity index (χ4n) is 4.34. The van der Waals surface area contributed by atoms with Gasteiger partial charge in [0.15, 0.2) is 5.88 Å². The summed E-state index contributed by atoms with van der Waals surface area (Å²) in [7, 11) is 0.331. The number of aliphatic imine (C=N–C) groups is 1. The predicted octanol–water partition coefficient (Wildman–Crippen LogP) is 4.90. The normalized spacial score (nSPS) is 12.6. The van der Waals surface area contributed by atoms with Crippen molar-refractivity contribution < 1.29 is 13.5 Å². The van der Waals surface area contributed by atoms with Crippen LogP contribution in [0.15, 0.2) is 72.0 Å².